The van der Waals surface area contributed by atoms with Crippen molar-refractivity contribution in [1.82, 2.24) is 5.32 Å². The largest absolute Gasteiger partial charge is 0.351 e. The van der Waals surface area contributed by atoms with Crippen molar-refractivity contribution in [1.29, 1.82) is 0 Å². The third-order valence-corrected chi connectivity index (χ3v) is 4.29. The van der Waals surface area contributed by atoms with Crippen LogP contribution in [0.3, 0.4) is 0 Å². The molecule has 2 rings (SSSR count). The summed E-state index contributed by atoms with van der Waals surface area (Å²) in [5.41, 5.74) is 2.38. The highest BCUT2D eigenvalue weighted by Gasteiger charge is 2.28. The van der Waals surface area contributed by atoms with Gasteiger partial charge in [-0.2, -0.15) is 0 Å². The number of carbonyl (C=O) groups is 2. The molecule has 1 aromatic rings. The number of rotatable bonds is 4. The van der Waals surface area contributed by atoms with Crippen LogP contribution in [-0.4, -0.2) is 22.7 Å². The lowest BCUT2D eigenvalue weighted by molar-refractivity contribution is -0.123. The van der Waals surface area contributed by atoms with Crippen LogP contribution in [0.1, 0.15) is 24.5 Å². The van der Waals surface area contributed by atoms with Crippen LogP contribution in [0.2, 0.25) is 0 Å². The van der Waals surface area contributed by atoms with E-state index in [0.717, 1.165) is 12.0 Å². The van der Waals surface area contributed by atoms with Crippen LogP contribution >= 0.6 is 11.8 Å². The first-order valence-electron chi connectivity index (χ1n) is 6.18. The Hall–Kier alpha value is -1.29. The highest BCUT2D eigenvalue weighted by molar-refractivity contribution is 8.01. The number of aryl methyl sites for hydroxylation is 1. The molecule has 0 aliphatic carbocycles. The molecular weight excluding hydrogens is 246 g/mol. The number of ketones is 1. The summed E-state index contributed by atoms with van der Waals surface area (Å²) in [7, 11) is 0. The van der Waals surface area contributed by atoms with Crippen LogP contribution < -0.4 is 5.32 Å². The smallest absolute Gasteiger partial charge is 0.233 e. The molecule has 1 atom stereocenters. The second kappa shape index (κ2) is 6.05. The fraction of sp³-hybridized carbons (Fsp3) is 0.429. The Morgan fingerprint density at radius 3 is 2.89 bits per heavy atom. The Bertz CT molecular complexity index is 459. The molecule has 0 aromatic heterocycles. The summed E-state index contributed by atoms with van der Waals surface area (Å²) >= 11 is 1.44. The minimum Gasteiger partial charge on any atom is -0.351 e. The van der Waals surface area contributed by atoms with Gasteiger partial charge in [0.05, 0.1) is 11.0 Å². The van der Waals surface area contributed by atoms with Crippen molar-refractivity contribution in [2.75, 3.05) is 5.75 Å². The van der Waals surface area contributed by atoms with Gasteiger partial charge in [0, 0.05) is 13.0 Å². The Morgan fingerprint density at radius 1 is 1.44 bits per heavy atom. The molecule has 96 valence electrons. The molecular formula is C14H17NO2S. The van der Waals surface area contributed by atoms with Crippen LogP contribution in [0.15, 0.2) is 24.3 Å². The van der Waals surface area contributed by atoms with Crippen molar-refractivity contribution in [2.24, 2.45) is 0 Å². The maximum atomic E-state index is 11.8. The van der Waals surface area contributed by atoms with E-state index in [1.807, 2.05) is 12.1 Å². The summed E-state index contributed by atoms with van der Waals surface area (Å²) in [4.78, 5) is 22.9. The standard InChI is InChI=1S/C14H17NO2S/c1-2-10-4-3-5-11(6-10)8-15-14(17)13-7-12(16)9-18-13/h3-6,13H,2,7-9H2,1H3,(H,15,17). The van der Waals surface area contributed by atoms with Gasteiger partial charge in [-0.3, -0.25) is 9.59 Å². The SMILES string of the molecule is CCc1cccc(CNC(=O)C2CC(=O)CS2)c1. The molecule has 3 nitrogen and oxygen atoms in total. The average Bonchev–Trinajstić information content (AvgIpc) is 2.83. The first-order chi connectivity index (χ1) is 8.69. The van der Waals surface area contributed by atoms with Crippen LogP contribution in [-0.2, 0) is 22.6 Å². The Kier molecular flexibility index (Phi) is 4.42. The molecule has 1 saturated heterocycles. The molecule has 1 N–H and O–H groups in total. The zero-order valence-electron chi connectivity index (χ0n) is 10.4. The number of amides is 1. The lowest BCUT2D eigenvalue weighted by Crippen LogP contribution is -2.31. The molecule has 1 aliphatic heterocycles. The Balaban J connectivity index is 1.87. The number of thioether (sulfide) groups is 1. The average molecular weight is 263 g/mol. The maximum Gasteiger partial charge on any atom is 0.233 e. The van der Waals surface area contributed by atoms with Gasteiger partial charge in [-0.25, -0.2) is 0 Å². The van der Waals surface area contributed by atoms with Crippen molar-refractivity contribution in [3.63, 3.8) is 0 Å². The van der Waals surface area contributed by atoms with Gasteiger partial charge >= 0.3 is 0 Å². The van der Waals surface area contributed by atoms with Crippen molar-refractivity contribution in [2.45, 2.75) is 31.6 Å². The van der Waals surface area contributed by atoms with Crippen molar-refractivity contribution < 1.29 is 9.59 Å². The van der Waals surface area contributed by atoms with Gasteiger partial charge < -0.3 is 5.32 Å². The van der Waals surface area contributed by atoms with Crippen molar-refractivity contribution in [3.8, 4) is 0 Å². The van der Waals surface area contributed by atoms with Crippen LogP contribution in [0.4, 0.5) is 0 Å². The van der Waals surface area contributed by atoms with E-state index in [9.17, 15) is 9.59 Å². The number of Topliss-reactive ketones (excluding diaryl/α,β-unsaturated/α-hetero) is 1. The molecule has 18 heavy (non-hydrogen) atoms. The first kappa shape index (κ1) is 13.1. The lowest BCUT2D eigenvalue weighted by atomic mass is 10.1. The van der Waals surface area contributed by atoms with Gasteiger partial charge in [0.25, 0.3) is 0 Å². The van der Waals surface area contributed by atoms with E-state index in [-0.39, 0.29) is 16.9 Å². The molecule has 1 fully saturated rings. The van der Waals surface area contributed by atoms with E-state index in [1.54, 1.807) is 0 Å². The Labute approximate surface area is 111 Å². The predicted octanol–water partition coefficient (Wildman–Crippen LogP) is 1.94. The van der Waals surface area contributed by atoms with E-state index in [4.69, 9.17) is 0 Å². The van der Waals surface area contributed by atoms with Crippen LogP contribution in [0, 0.1) is 0 Å². The number of carbonyl (C=O) groups excluding carboxylic acids is 2. The molecule has 4 heteroatoms. The van der Waals surface area contributed by atoms with E-state index >= 15 is 0 Å². The highest BCUT2D eigenvalue weighted by atomic mass is 32.2. The summed E-state index contributed by atoms with van der Waals surface area (Å²) in [5, 5.41) is 2.71. The van der Waals surface area contributed by atoms with E-state index in [1.165, 1.54) is 17.3 Å². The van der Waals surface area contributed by atoms with Crippen LogP contribution in [0.25, 0.3) is 0 Å². The zero-order valence-corrected chi connectivity index (χ0v) is 11.3. The molecule has 1 aromatic carbocycles. The molecule has 1 unspecified atom stereocenters. The number of benzene rings is 1. The summed E-state index contributed by atoms with van der Waals surface area (Å²) in [5.74, 6) is 0.629. The van der Waals surface area contributed by atoms with Crippen molar-refractivity contribution >= 4 is 23.5 Å². The topological polar surface area (TPSA) is 46.2 Å². The summed E-state index contributed by atoms with van der Waals surface area (Å²) < 4.78 is 0. The molecule has 0 bridgehead atoms. The van der Waals surface area contributed by atoms with Gasteiger partial charge in [0.15, 0.2) is 0 Å². The maximum absolute atomic E-state index is 11.8. The predicted molar refractivity (Wildman–Crippen MR) is 73.5 cm³/mol. The molecule has 0 saturated carbocycles. The summed E-state index contributed by atoms with van der Waals surface area (Å²) in [6, 6.07) is 8.20. The van der Waals surface area contributed by atoms with Gasteiger partial charge in [-0.05, 0) is 17.5 Å². The molecule has 1 amide bonds. The van der Waals surface area contributed by atoms with Gasteiger partial charge in [-0.1, -0.05) is 31.2 Å². The fourth-order valence-corrected chi connectivity index (χ4v) is 2.99. The third kappa shape index (κ3) is 3.35. The van der Waals surface area contributed by atoms with Gasteiger partial charge in [0.1, 0.15) is 5.78 Å². The van der Waals surface area contributed by atoms with Gasteiger partial charge in [0.2, 0.25) is 5.91 Å². The van der Waals surface area contributed by atoms with Gasteiger partial charge in [-0.15, -0.1) is 11.8 Å². The Morgan fingerprint density at radius 2 is 2.22 bits per heavy atom. The number of hydrogen-bond acceptors (Lipinski definition) is 3. The van der Waals surface area contributed by atoms with E-state index in [2.05, 4.69) is 24.4 Å². The van der Waals surface area contributed by atoms with Crippen LogP contribution in [0.5, 0.6) is 0 Å². The molecule has 1 aliphatic rings. The zero-order chi connectivity index (χ0) is 13.0. The summed E-state index contributed by atoms with van der Waals surface area (Å²) in [6.07, 6.45) is 1.38. The second-order valence-electron chi connectivity index (χ2n) is 4.43. The molecule has 0 spiro atoms. The third-order valence-electron chi connectivity index (χ3n) is 3.02. The highest BCUT2D eigenvalue weighted by Crippen LogP contribution is 2.23. The van der Waals surface area contributed by atoms with E-state index in [0.29, 0.717) is 18.7 Å². The monoisotopic (exact) mass is 263 g/mol. The van der Waals surface area contributed by atoms with Crippen molar-refractivity contribution in [3.05, 3.63) is 35.4 Å². The fourth-order valence-electron chi connectivity index (χ4n) is 1.95. The molecule has 0 radical (unpaired) electrons. The first-order valence-corrected chi connectivity index (χ1v) is 7.22. The number of hydrogen-bond donors (Lipinski definition) is 1. The lowest BCUT2D eigenvalue weighted by Gasteiger charge is -2.10. The normalized spacial score (nSPS) is 18.9. The molecule has 1 heterocycles. The summed E-state index contributed by atoms with van der Waals surface area (Å²) in [6.45, 7) is 2.65. The number of nitrogens with one attached hydrogen (secondary N) is 1. The van der Waals surface area contributed by atoms with E-state index < -0.39 is 0 Å². The second-order valence-corrected chi connectivity index (χ2v) is 5.62. The quantitative estimate of drug-likeness (QED) is 0.903. The minimum atomic E-state index is -0.188. The minimum absolute atomic E-state index is 0.0206.